The van der Waals surface area contributed by atoms with Crippen molar-refractivity contribution in [3.8, 4) is 0 Å². The Kier molecular flexibility index (Phi) is 5.87. The second-order valence-electron chi connectivity index (χ2n) is 5.51. The maximum Gasteiger partial charge on any atom is 0.131 e. The summed E-state index contributed by atoms with van der Waals surface area (Å²) < 4.78 is 7.62. The minimum absolute atomic E-state index is 0.379. The molecule has 0 saturated carbocycles. The van der Waals surface area contributed by atoms with Gasteiger partial charge in [0.15, 0.2) is 0 Å². The molecule has 20 heavy (non-hydrogen) atoms. The van der Waals surface area contributed by atoms with Gasteiger partial charge in [-0.05, 0) is 32.2 Å². The van der Waals surface area contributed by atoms with E-state index < -0.39 is 0 Å². The predicted molar refractivity (Wildman–Crippen MR) is 82.1 cm³/mol. The minimum atomic E-state index is 0.379. The third-order valence-corrected chi connectivity index (χ3v) is 4.52. The molecular weight excluding hydrogens is 274 g/mol. The Bertz CT molecular complexity index is 427. The van der Waals surface area contributed by atoms with Crippen LogP contribution >= 0.6 is 11.6 Å². The summed E-state index contributed by atoms with van der Waals surface area (Å²) in [4.78, 5) is 2.41. The van der Waals surface area contributed by atoms with E-state index in [1.807, 2.05) is 7.05 Å². The van der Waals surface area contributed by atoms with E-state index in [0.717, 1.165) is 43.5 Å². The van der Waals surface area contributed by atoms with Gasteiger partial charge in [-0.1, -0.05) is 25.4 Å². The molecule has 1 aromatic rings. The molecule has 0 aliphatic carbocycles. The number of hydrogen-bond donors (Lipinski definition) is 0. The Balaban J connectivity index is 2.02. The molecule has 0 N–H and O–H groups in total. The fourth-order valence-corrected chi connectivity index (χ4v) is 3.02. The molecule has 1 aliphatic heterocycles. The number of aryl methyl sites for hydroxylation is 2. The van der Waals surface area contributed by atoms with Gasteiger partial charge in [0.05, 0.1) is 11.8 Å². The Labute approximate surface area is 127 Å². The summed E-state index contributed by atoms with van der Waals surface area (Å²) in [6.07, 6.45) is 4.97. The zero-order chi connectivity index (χ0) is 14.5. The van der Waals surface area contributed by atoms with E-state index in [-0.39, 0.29) is 0 Å². The van der Waals surface area contributed by atoms with Gasteiger partial charge >= 0.3 is 0 Å². The average molecular weight is 300 g/mol. The fourth-order valence-electron chi connectivity index (χ4n) is 2.81. The standard InChI is InChI=1S/C15H26ClN3O/c1-4-14-13(15(16)18(3)17-14)11-19(5-2)10-12-8-6-7-9-20-12/h12H,4-11H2,1-3H3/t12-/m0/s1. The van der Waals surface area contributed by atoms with Gasteiger partial charge in [0.1, 0.15) is 5.15 Å². The number of likely N-dealkylation sites (N-methyl/N-ethyl adjacent to an activating group) is 1. The van der Waals surface area contributed by atoms with Gasteiger partial charge in [0.25, 0.3) is 0 Å². The van der Waals surface area contributed by atoms with Gasteiger partial charge in [0.2, 0.25) is 0 Å². The molecule has 1 saturated heterocycles. The highest BCUT2D eigenvalue weighted by molar-refractivity contribution is 6.30. The lowest BCUT2D eigenvalue weighted by Crippen LogP contribution is -2.35. The highest BCUT2D eigenvalue weighted by atomic mass is 35.5. The molecule has 1 fully saturated rings. The first-order valence-electron chi connectivity index (χ1n) is 7.69. The molecule has 2 heterocycles. The number of hydrogen-bond acceptors (Lipinski definition) is 3. The first kappa shape index (κ1) is 15.8. The van der Waals surface area contributed by atoms with Gasteiger partial charge < -0.3 is 4.74 Å². The zero-order valence-electron chi connectivity index (χ0n) is 12.9. The fraction of sp³-hybridized carbons (Fsp3) is 0.800. The normalized spacial score (nSPS) is 19.8. The van der Waals surface area contributed by atoms with Crippen LogP contribution in [-0.2, 0) is 24.8 Å². The number of ether oxygens (including phenoxy) is 1. The van der Waals surface area contributed by atoms with Crippen LogP contribution in [0.5, 0.6) is 0 Å². The van der Waals surface area contributed by atoms with Crippen molar-refractivity contribution in [3.63, 3.8) is 0 Å². The largest absolute Gasteiger partial charge is 0.377 e. The van der Waals surface area contributed by atoms with Gasteiger partial charge in [-0.2, -0.15) is 5.10 Å². The molecule has 0 radical (unpaired) electrons. The van der Waals surface area contributed by atoms with E-state index in [1.54, 1.807) is 4.68 Å². The van der Waals surface area contributed by atoms with E-state index in [2.05, 4.69) is 23.8 Å². The molecule has 5 heteroatoms. The molecule has 1 aliphatic rings. The van der Waals surface area contributed by atoms with Crippen LogP contribution in [0.15, 0.2) is 0 Å². The monoisotopic (exact) mass is 299 g/mol. The maximum absolute atomic E-state index is 6.38. The Hall–Kier alpha value is -0.580. The van der Waals surface area contributed by atoms with Crippen LogP contribution in [0.2, 0.25) is 5.15 Å². The summed E-state index contributed by atoms with van der Waals surface area (Å²) >= 11 is 6.38. The van der Waals surface area contributed by atoms with Crippen molar-refractivity contribution in [2.75, 3.05) is 19.7 Å². The van der Waals surface area contributed by atoms with Crippen LogP contribution in [0.4, 0.5) is 0 Å². The van der Waals surface area contributed by atoms with Crippen LogP contribution in [0.1, 0.15) is 44.4 Å². The quantitative estimate of drug-likeness (QED) is 0.809. The third-order valence-electron chi connectivity index (χ3n) is 4.05. The van der Waals surface area contributed by atoms with E-state index in [9.17, 15) is 0 Å². The number of halogens is 1. The molecular formula is C15H26ClN3O. The smallest absolute Gasteiger partial charge is 0.131 e. The second kappa shape index (κ2) is 7.43. The van der Waals surface area contributed by atoms with Crippen LogP contribution in [0.25, 0.3) is 0 Å². The van der Waals surface area contributed by atoms with Gasteiger partial charge in [-0.15, -0.1) is 0 Å². The lowest BCUT2D eigenvalue weighted by molar-refractivity contribution is -0.00627. The van der Waals surface area contributed by atoms with Crippen molar-refractivity contribution in [3.05, 3.63) is 16.4 Å². The third kappa shape index (κ3) is 3.74. The molecule has 0 bridgehead atoms. The molecule has 2 rings (SSSR count). The lowest BCUT2D eigenvalue weighted by Gasteiger charge is -2.29. The van der Waals surface area contributed by atoms with Crippen LogP contribution in [-0.4, -0.2) is 40.5 Å². The van der Waals surface area contributed by atoms with Crippen molar-refractivity contribution >= 4 is 11.6 Å². The number of nitrogens with zero attached hydrogens (tertiary/aromatic N) is 3. The minimum Gasteiger partial charge on any atom is -0.377 e. The molecule has 114 valence electrons. The molecule has 0 amide bonds. The molecule has 0 aromatic carbocycles. The van der Waals surface area contributed by atoms with Crippen LogP contribution < -0.4 is 0 Å². The topological polar surface area (TPSA) is 30.3 Å². The first-order chi connectivity index (χ1) is 9.65. The SMILES string of the molecule is CCc1nn(C)c(Cl)c1CN(CC)C[C@@H]1CCCCO1. The summed E-state index contributed by atoms with van der Waals surface area (Å²) in [6, 6.07) is 0. The Morgan fingerprint density at radius 2 is 2.20 bits per heavy atom. The predicted octanol–water partition coefficient (Wildman–Crippen LogP) is 3.03. The summed E-state index contributed by atoms with van der Waals surface area (Å²) in [5, 5.41) is 5.26. The maximum atomic E-state index is 6.38. The molecule has 1 atom stereocenters. The highest BCUT2D eigenvalue weighted by Gasteiger charge is 2.20. The highest BCUT2D eigenvalue weighted by Crippen LogP contribution is 2.22. The van der Waals surface area contributed by atoms with Crippen LogP contribution in [0.3, 0.4) is 0 Å². The number of aromatic nitrogens is 2. The lowest BCUT2D eigenvalue weighted by atomic mass is 10.1. The Morgan fingerprint density at radius 1 is 1.40 bits per heavy atom. The number of rotatable bonds is 6. The van der Waals surface area contributed by atoms with Crippen molar-refractivity contribution in [2.45, 2.75) is 52.2 Å². The summed E-state index contributed by atoms with van der Waals surface area (Å²) in [5.41, 5.74) is 2.29. The summed E-state index contributed by atoms with van der Waals surface area (Å²) in [5.74, 6) is 0. The molecule has 4 nitrogen and oxygen atoms in total. The van der Waals surface area contributed by atoms with E-state index in [1.165, 1.54) is 24.8 Å². The second-order valence-corrected chi connectivity index (χ2v) is 5.87. The molecule has 0 spiro atoms. The van der Waals surface area contributed by atoms with E-state index >= 15 is 0 Å². The van der Waals surface area contributed by atoms with Crippen molar-refractivity contribution in [2.24, 2.45) is 7.05 Å². The van der Waals surface area contributed by atoms with Crippen molar-refractivity contribution in [1.82, 2.24) is 14.7 Å². The van der Waals surface area contributed by atoms with Gasteiger partial charge in [0, 0.05) is 32.3 Å². The van der Waals surface area contributed by atoms with E-state index in [4.69, 9.17) is 16.3 Å². The molecule has 0 unspecified atom stereocenters. The van der Waals surface area contributed by atoms with Gasteiger partial charge in [-0.3, -0.25) is 9.58 Å². The average Bonchev–Trinajstić information content (AvgIpc) is 2.75. The first-order valence-corrected chi connectivity index (χ1v) is 8.07. The Morgan fingerprint density at radius 3 is 2.80 bits per heavy atom. The zero-order valence-corrected chi connectivity index (χ0v) is 13.6. The van der Waals surface area contributed by atoms with Gasteiger partial charge in [-0.25, -0.2) is 0 Å². The van der Waals surface area contributed by atoms with Crippen molar-refractivity contribution < 1.29 is 4.74 Å². The van der Waals surface area contributed by atoms with Crippen LogP contribution in [0, 0.1) is 0 Å². The van der Waals surface area contributed by atoms with Crippen molar-refractivity contribution in [1.29, 1.82) is 0 Å². The van der Waals surface area contributed by atoms with E-state index in [0.29, 0.717) is 6.10 Å². The summed E-state index contributed by atoms with van der Waals surface area (Å²) in [7, 11) is 1.91. The molecule has 1 aromatic heterocycles. The summed E-state index contributed by atoms with van der Waals surface area (Å²) in [6.45, 7) is 8.10.